The standard InChI is InChI=1S/C14H24N4O/c1-11(2)5-6-15-13-8-14(18-10-17-13)16-9-12-4-3-7-19-12/h8,10-12H,3-7,9H2,1-2H3,(H2,15,16,17,18). The monoisotopic (exact) mass is 264 g/mol. The van der Waals surface area contributed by atoms with Gasteiger partial charge in [-0.1, -0.05) is 13.8 Å². The Morgan fingerprint density at radius 1 is 1.32 bits per heavy atom. The Balaban J connectivity index is 1.77. The van der Waals surface area contributed by atoms with Crippen molar-refractivity contribution in [2.24, 2.45) is 5.92 Å². The lowest BCUT2D eigenvalue weighted by Crippen LogP contribution is -2.19. The maximum Gasteiger partial charge on any atom is 0.131 e. The molecule has 0 bridgehead atoms. The van der Waals surface area contributed by atoms with Crippen LogP contribution in [0.1, 0.15) is 33.1 Å². The van der Waals surface area contributed by atoms with E-state index in [-0.39, 0.29) is 0 Å². The van der Waals surface area contributed by atoms with Gasteiger partial charge in [0.2, 0.25) is 0 Å². The third kappa shape index (κ3) is 5.03. The van der Waals surface area contributed by atoms with Crippen molar-refractivity contribution in [3.05, 3.63) is 12.4 Å². The summed E-state index contributed by atoms with van der Waals surface area (Å²) in [5.74, 6) is 2.44. The average Bonchev–Trinajstić information content (AvgIpc) is 2.89. The molecule has 0 aromatic carbocycles. The van der Waals surface area contributed by atoms with Crippen LogP contribution in [0.5, 0.6) is 0 Å². The van der Waals surface area contributed by atoms with Gasteiger partial charge in [-0.05, 0) is 25.2 Å². The van der Waals surface area contributed by atoms with Crippen LogP contribution in [0.15, 0.2) is 12.4 Å². The van der Waals surface area contributed by atoms with Gasteiger partial charge in [0, 0.05) is 25.8 Å². The Hall–Kier alpha value is -1.36. The minimum Gasteiger partial charge on any atom is -0.376 e. The van der Waals surface area contributed by atoms with Gasteiger partial charge in [-0.25, -0.2) is 9.97 Å². The predicted molar refractivity (Wildman–Crippen MR) is 77.4 cm³/mol. The zero-order chi connectivity index (χ0) is 13.5. The van der Waals surface area contributed by atoms with E-state index < -0.39 is 0 Å². The topological polar surface area (TPSA) is 59.1 Å². The fraction of sp³-hybridized carbons (Fsp3) is 0.714. The van der Waals surface area contributed by atoms with Crippen LogP contribution in [0.3, 0.4) is 0 Å². The van der Waals surface area contributed by atoms with E-state index in [1.54, 1.807) is 6.33 Å². The van der Waals surface area contributed by atoms with E-state index in [1.165, 1.54) is 0 Å². The molecule has 1 aromatic rings. The van der Waals surface area contributed by atoms with Crippen LogP contribution in [-0.4, -0.2) is 35.8 Å². The molecule has 1 atom stereocenters. The molecule has 19 heavy (non-hydrogen) atoms. The van der Waals surface area contributed by atoms with E-state index in [0.29, 0.717) is 12.0 Å². The number of rotatable bonds is 7. The first-order valence-corrected chi connectivity index (χ1v) is 7.15. The largest absolute Gasteiger partial charge is 0.376 e. The zero-order valence-electron chi connectivity index (χ0n) is 11.9. The minimum atomic E-state index is 0.326. The molecule has 5 nitrogen and oxygen atoms in total. The average molecular weight is 264 g/mol. The summed E-state index contributed by atoms with van der Waals surface area (Å²) in [5.41, 5.74) is 0. The first-order valence-electron chi connectivity index (χ1n) is 7.15. The van der Waals surface area contributed by atoms with Crippen LogP contribution in [-0.2, 0) is 4.74 Å². The highest BCUT2D eigenvalue weighted by Crippen LogP contribution is 2.14. The van der Waals surface area contributed by atoms with E-state index in [9.17, 15) is 0 Å². The summed E-state index contributed by atoms with van der Waals surface area (Å²) in [7, 11) is 0. The van der Waals surface area contributed by atoms with Crippen LogP contribution in [0.2, 0.25) is 0 Å². The van der Waals surface area contributed by atoms with Crippen LogP contribution < -0.4 is 10.6 Å². The highest BCUT2D eigenvalue weighted by Gasteiger charge is 2.14. The van der Waals surface area contributed by atoms with Crippen molar-refractivity contribution in [3.8, 4) is 0 Å². The van der Waals surface area contributed by atoms with Gasteiger partial charge in [-0.2, -0.15) is 0 Å². The van der Waals surface area contributed by atoms with E-state index in [1.807, 2.05) is 6.07 Å². The second-order valence-electron chi connectivity index (χ2n) is 5.41. The third-order valence-corrected chi connectivity index (χ3v) is 3.23. The van der Waals surface area contributed by atoms with Gasteiger partial charge in [-0.3, -0.25) is 0 Å². The highest BCUT2D eigenvalue weighted by molar-refractivity contribution is 5.46. The van der Waals surface area contributed by atoms with Gasteiger partial charge >= 0.3 is 0 Å². The molecule has 0 radical (unpaired) electrons. The molecule has 1 saturated heterocycles. The summed E-state index contributed by atoms with van der Waals surface area (Å²) in [6.07, 6.45) is 5.36. The van der Waals surface area contributed by atoms with E-state index >= 15 is 0 Å². The normalized spacial score (nSPS) is 18.8. The molecule has 2 rings (SSSR count). The van der Waals surface area contributed by atoms with Crippen molar-refractivity contribution in [2.75, 3.05) is 30.3 Å². The number of hydrogen-bond acceptors (Lipinski definition) is 5. The van der Waals surface area contributed by atoms with Gasteiger partial charge in [-0.15, -0.1) is 0 Å². The molecular formula is C14H24N4O. The summed E-state index contributed by atoms with van der Waals surface area (Å²) in [6.45, 7) is 7.09. The Bertz CT molecular complexity index is 377. The summed E-state index contributed by atoms with van der Waals surface area (Å²) >= 11 is 0. The number of hydrogen-bond donors (Lipinski definition) is 2. The van der Waals surface area contributed by atoms with Gasteiger partial charge in [0.1, 0.15) is 18.0 Å². The predicted octanol–water partition coefficient (Wildman–Crippen LogP) is 2.53. The Labute approximate surface area is 115 Å². The summed E-state index contributed by atoms with van der Waals surface area (Å²) in [4.78, 5) is 8.45. The molecular weight excluding hydrogens is 240 g/mol. The van der Waals surface area contributed by atoms with Crippen molar-refractivity contribution in [2.45, 2.75) is 39.2 Å². The molecule has 0 amide bonds. The van der Waals surface area contributed by atoms with Crippen molar-refractivity contribution in [1.82, 2.24) is 9.97 Å². The lowest BCUT2D eigenvalue weighted by Gasteiger charge is -2.12. The van der Waals surface area contributed by atoms with Crippen molar-refractivity contribution < 1.29 is 4.74 Å². The molecule has 1 aliphatic rings. The smallest absolute Gasteiger partial charge is 0.131 e. The van der Waals surface area contributed by atoms with E-state index in [0.717, 1.165) is 50.6 Å². The molecule has 106 valence electrons. The Kier molecular flexibility index (Phi) is 5.39. The molecule has 1 aromatic heterocycles. The molecule has 0 saturated carbocycles. The van der Waals surface area contributed by atoms with Gasteiger partial charge in [0.05, 0.1) is 6.10 Å². The SMILES string of the molecule is CC(C)CCNc1cc(NCC2CCCO2)ncn1. The minimum absolute atomic E-state index is 0.326. The molecule has 1 fully saturated rings. The summed E-state index contributed by atoms with van der Waals surface area (Å²) in [5, 5.41) is 6.63. The highest BCUT2D eigenvalue weighted by atomic mass is 16.5. The van der Waals surface area contributed by atoms with Crippen molar-refractivity contribution in [1.29, 1.82) is 0 Å². The van der Waals surface area contributed by atoms with Crippen LogP contribution in [0, 0.1) is 5.92 Å². The Morgan fingerprint density at radius 3 is 2.79 bits per heavy atom. The van der Waals surface area contributed by atoms with Crippen molar-refractivity contribution >= 4 is 11.6 Å². The van der Waals surface area contributed by atoms with Gasteiger partial charge < -0.3 is 15.4 Å². The van der Waals surface area contributed by atoms with Crippen LogP contribution >= 0.6 is 0 Å². The fourth-order valence-corrected chi connectivity index (χ4v) is 2.06. The van der Waals surface area contributed by atoms with Gasteiger partial charge in [0.25, 0.3) is 0 Å². The van der Waals surface area contributed by atoms with Crippen LogP contribution in [0.25, 0.3) is 0 Å². The molecule has 1 unspecified atom stereocenters. The van der Waals surface area contributed by atoms with E-state index in [2.05, 4.69) is 34.4 Å². The first-order chi connectivity index (χ1) is 9.24. The molecule has 0 spiro atoms. The van der Waals surface area contributed by atoms with Crippen LogP contribution in [0.4, 0.5) is 11.6 Å². The van der Waals surface area contributed by atoms with E-state index in [4.69, 9.17) is 4.74 Å². The summed E-state index contributed by atoms with van der Waals surface area (Å²) in [6, 6.07) is 1.95. The third-order valence-electron chi connectivity index (χ3n) is 3.23. The fourth-order valence-electron chi connectivity index (χ4n) is 2.06. The molecule has 2 heterocycles. The maximum absolute atomic E-state index is 5.57. The quantitative estimate of drug-likeness (QED) is 0.792. The maximum atomic E-state index is 5.57. The molecule has 0 aliphatic carbocycles. The molecule has 1 aliphatic heterocycles. The number of aromatic nitrogens is 2. The lowest BCUT2D eigenvalue weighted by molar-refractivity contribution is 0.120. The zero-order valence-corrected chi connectivity index (χ0v) is 11.9. The van der Waals surface area contributed by atoms with Gasteiger partial charge in [0.15, 0.2) is 0 Å². The number of ether oxygens (including phenoxy) is 1. The Morgan fingerprint density at radius 2 is 2.11 bits per heavy atom. The summed E-state index contributed by atoms with van der Waals surface area (Å²) < 4.78 is 5.57. The molecule has 2 N–H and O–H groups in total. The molecule has 5 heteroatoms. The van der Waals surface area contributed by atoms with Crippen molar-refractivity contribution in [3.63, 3.8) is 0 Å². The first kappa shape index (κ1) is 14.1. The lowest BCUT2D eigenvalue weighted by atomic mass is 10.1. The number of nitrogens with one attached hydrogen (secondary N) is 2. The second kappa shape index (κ2) is 7.28. The second-order valence-corrected chi connectivity index (χ2v) is 5.41. The number of nitrogens with zero attached hydrogens (tertiary/aromatic N) is 2. The number of anilines is 2.